The van der Waals surface area contributed by atoms with E-state index in [9.17, 15) is 19.7 Å². The number of carbonyl (C=O) groups excluding carboxylic acids is 2. The molecule has 2 aromatic carbocycles. The Morgan fingerprint density at radius 2 is 1.75 bits per heavy atom. The van der Waals surface area contributed by atoms with Crippen LogP contribution in [0, 0.1) is 10.1 Å². The molecule has 0 saturated carbocycles. The van der Waals surface area contributed by atoms with Gasteiger partial charge < -0.3 is 29.0 Å². The van der Waals surface area contributed by atoms with Gasteiger partial charge in [-0.15, -0.1) is 0 Å². The third-order valence-corrected chi connectivity index (χ3v) is 4.34. The van der Waals surface area contributed by atoms with Crippen molar-refractivity contribution in [3.05, 3.63) is 46.5 Å². The van der Waals surface area contributed by atoms with Crippen LogP contribution in [0.4, 0.5) is 11.4 Å². The highest BCUT2D eigenvalue weighted by molar-refractivity contribution is 5.95. The predicted octanol–water partition coefficient (Wildman–Crippen LogP) is 2.72. The van der Waals surface area contributed by atoms with E-state index in [0.717, 1.165) is 0 Å². The lowest BCUT2D eigenvalue weighted by Gasteiger charge is -2.11. The van der Waals surface area contributed by atoms with Crippen molar-refractivity contribution in [1.82, 2.24) is 0 Å². The number of rotatable bonds is 9. The zero-order valence-electron chi connectivity index (χ0n) is 17.3. The van der Waals surface area contributed by atoms with Gasteiger partial charge in [-0.3, -0.25) is 19.7 Å². The number of hydrogen-bond acceptors (Lipinski definition) is 9. The van der Waals surface area contributed by atoms with Crippen LogP contribution in [0.3, 0.4) is 0 Å². The first-order valence-electron chi connectivity index (χ1n) is 9.76. The van der Waals surface area contributed by atoms with Gasteiger partial charge in [-0.05, 0) is 24.3 Å². The number of fused-ring (bicyclic) bond motifs is 1. The Morgan fingerprint density at radius 3 is 2.41 bits per heavy atom. The molecule has 1 aliphatic rings. The first-order chi connectivity index (χ1) is 15.5. The fourth-order valence-electron chi connectivity index (χ4n) is 2.78. The molecule has 2 aromatic rings. The minimum Gasteiger partial charge on any atom is -0.497 e. The Bertz CT molecular complexity index is 976. The van der Waals surface area contributed by atoms with Gasteiger partial charge >= 0.3 is 5.97 Å². The maximum atomic E-state index is 12.2. The Hall–Kier alpha value is -4.02. The minimum absolute atomic E-state index is 0.0560. The van der Waals surface area contributed by atoms with E-state index in [1.54, 1.807) is 31.4 Å². The van der Waals surface area contributed by atoms with Crippen molar-refractivity contribution < 1.29 is 38.2 Å². The fourth-order valence-corrected chi connectivity index (χ4v) is 2.78. The van der Waals surface area contributed by atoms with Gasteiger partial charge in [0, 0.05) is 12.5 Å². The molecule has 1 heterocycles. The molecular weight excluding hydrogens is 424 g/mol. The number of benzene rings is 2. The molecule has 1 N–H and O–H groups in total. The van der Waals surface area contributed by atoms with Crippen LogP contribution in [0.15, 0.2) is 36.4 Å². The van der Waals surface area contributed by atoms with Crippen molar-refractivity contribution >= 4 is 23.3 Å². The molecule has 0 fully saturated rings. The van der Waals surface area contributed by atoms with Crippen molar-refractivity contribution in [3.63, 3.8) is 0 Å². The molecule has 170 valence electrons. The largest absolute Gasteiger partial charge is 0.497 e. The molecule has 0 aliphatic carbocycles. The molecule has 0 saturated heterocycles. The molecule has 3 rings (SSSR count). The Kier molecular flexibility index (Phi) is 7.68. The first-order valence-corrected chi connectivity index (χ1v) is 9.76. The number of hydrogen-bond donors (Lipinski definition) is 1. The fraction of sp³-hybridized carbons (Fsp3) is 0.333. The zero-order chi connectivity index (χ0) is 22.9. The highest BCUT2D eigenvalue weighted by Gasteiger charge is 2.23. The molecule has 11 heteroatoms. The standard InChI is InChI=1S/C21H22N2O9/c1-28-14-3-5-15(6-4-14)29-10-7-21(25)32-13-20(24)22-16-11-18-19(12-17(16)23(26)27)31-9-2-8-30-18/h3-6,11-12H,2,7-10,13H2,1H3,(H,22,24). The van der Waals surface area contributed by atoms with E-state index in [1.165, 1.54) is 12.1 Å². The lowest BCUT2D eigenvalue weighted by molar-refractivity contribution is -0.384. The second kappa shape index (κ2) is 10.8. The summed E-state index contributed by atoms with van der Waals surface area (Å²) in [5, 5.41) is 13.7. The number of anilines is 1. The molecule has 11 nitrogen and oxygen atoms in total. The number of nitro groups is 1. The smallest absolute Gasteiger partial charge is 0.309 e. The summed E-state index contributed by atoms with van der Waals surface area (Å²) < 4.78 is 26.3. The quantitative estimate of drug-likeness (QED) is 0.350. The average molecular weight is 446 g/mol. The number of esters is 1. The highest BCUT2D eigenvalue weighted by Crippen LogP contribution is 2.39. The Balaban J connectivity index is 1.49. The molecule has 32 heavy (non-hydrogen) atoms. The van der Waals surface area contributed by atoms with Crippen molar-refractivity contribution in [1.29, 1.82) is 0 Å². The molecule has 0 spiro atoms. The van der Waals surface area contributed by atoms with E-state index in [1.807, 2.05) is 0 Å². The summed E-state index contributed by atoms with van der Waals surface area (Å²) in [6.07, 6.45) is 0.547. The number of nitro benzene ring substituents is 1. The molecular formula is C21H22N2O9. The van der Waals surface area contributed by atoms with Crippen LogP contribution in [0.1, 0.15) is 12.8 Å². The van der Waals surface area contributed by atoms with Gasteiger partial charge in [-0.25, -0.2) is 0 Å². The second-order valence-electron chi connectivity index (χ2n) is 6.61. The number of amides is 1. The number of ether oxygens (including phenoxy) is 5. The van der Waals surface area contributed by atoms with Crippen molar-refractivity contribution in [2.45, 2.75) is 12.8 Å². The van der Waals surface area contributed by atoms with E-state index >= 15 is 0 Å². The van der Waals surface area contributed by atoms with Gasteiger partial charge in [0.25, 0.3) is 11.6 Å². The van der Waals surface area contributed by atoms with Gasteiger partial charge in [-0.2, -0.15) is 0 Å². The van der Waals surface area contributed by atoms with Gasteiger partial charge in [0.2, 0.25) is 0 Å². The van der Waals surface area contributed by atoms with E-state index < -0.39 is 23.4 Å². The monoisotopic (exact) mass is 446 g/mol. The lowest BCUT2D eigenvalue weighted by atomic mass is 10.2. The van der Waals surface area contributed by atoms with E-state index in [-0.39, 0.29) is 35.9 Å². The highest BCUT2D eigenvalue weighted by atomic mass is 16.6. The maximum Gasteiger partial charge on any atom is 0.309 e. The van der Waals surface area contributed by atoms with Crippen LogP contribution >= 0.6 is 0 Å². The minimum atomic E-state index is -0.730. The summed E-state index contributed by atoms with van der Waals surface area (Å²) in [5.41, 5.74) is -0.440. The molecule has 0 atom stereocenters. The van der Waals surface area contributed by atoms with E-state index in [4.69, 9.17) is 23.7 Å². The third-order valence-electron chi connectivity index (χ3n) is 4.34. The van der Waals surface area contributed by atoms with Crippen molar-refractivity contribution in [2.24, 2.45) is 0 Å². The summed E-state index contributed by atoms with van der Waals surface area (Å²) in [6.45, 7) is 0.204. The summed E-state index contributed by atoms with van der Waals surface area (Å²) >= 11 is 0. The van der Waals surface area contributed by atoms with Crippen LogP contribution in [0.25, 0.3) is 0 Å². The second-order valence-corrected chi connectivity index (χ2v) is 6.61. The predicted molar refractivity (Wildman–Crippen MR) is 111 cm³/mol. The average Bonchev–Trinajstić information content (AvgIpc) is 3.02. The lowest BCUT2D eigenvalue weighted by Crippen LogP contribution is -2.22. The van der Waals surface area contributed by atoms with Gasteiger partial charge in [-0.1, -0.05) is 0 Å². The maximum absolute atomic E-state index is 12.2. The summed E-state index contributed by atoms with van der Waals surface area (Å²) in [4.78, 5) is 34.7. The molecule has 0 unspecified atom stereocenters. The number of nitrogens with one attached hydrogen (secondary N) is 1. The molecule has 0 radical (unpaired) electrons. The number of methoxy groups -OCH3 is 1. The van der Waals surface area contributed by atoms with Crippen LogP contribution < -0.4 is 24.3 Å². The van der Waals surface area contributed by atoms with Crippen LogP contribution in [-0.2, 0) is 14.3 Å². The Morgan fingerprint density at radius 1 is 1.09 bits per heavy atom. The van der Waals surface area contributed by atoms with Gasteiger partial charge in [0.05, 0.1) is 44.3 Å². The first kappa shape index (κ1) is 22.7. The van der Waals surface area contributed by atoms with Gasteiger partial charge in [0.1, 0.15) is 17.2 Å². The van der Waals surface area contributed by atoms with Crippen LogP contribution in [0.5, 0.6) is 23.0 Å². The SMILES string of the molecule is COc1ccc(OCCC(=O)OCC(=O)Nc2cc3c(cc2[N+](=O)[O-])OCCCO3)cc1. The topological polar surface area (TPSA) is 135 Å². The summed E-state index contributed by atoms with van der Waals surface area (Å²) in [7, 11) is 1.55. The van der Waals surface area contributed by atoms with Crippen LogP contribution in [0.2, 0.25) is 0 Å². The van der Waals surface area contributed by atoms with Crippen molar-refractivity contribution in [3.8, 4) is 23.0 Å². The normalized spacial score (nSPS) is 12.3. The summed E-state index contributed by atoms with van der Waals surface area (Å²) in [6, 6.07) is 9.34. The molecule has 1 amide bonds. The zero-order valence-corrected chi connectivity index (χ0v) is 17.3. The molecule has 1 aliphatic heterocycles. The summed E-state index contributed by atoms with van der Waals surface area (Å²) in [5.74, 6) is 0.370. The van der Waals surface area contributed by atoms with Crippen LogP contribution in [-0.4, -0.2) is 50.3 Å². The molecule has 0 bridgehead atoms. The van der Waals surface area contributed by atoms with Gasteiger partial charge in [0.15, 0.2) is 18.1 Å². The number of nitrogens with zero attached hydrogens (tertiary/aromatic N) is 1. The number of carbonyl (C=O) groups is 2. The molecule has 0 aromatic heterocycles. The van der Waals surface area contributed by atoms with E-state index in [0.29, 0.717) is 31.1 Å². The third kappa shape index (κ3) is 6.24. The Labute approximate surface area is 183 Å². The van der Waals surface area contributed by atoms with Crippen molar-refractivity contribution in [2.75, 3.05) is 38.9 Å². The van der Waals surface area contributed by atoms with E-state index in [2.05, 4.69) is 5.32 Å².